The van der Waals surface area contributed by atoms with E-state index < -0.39 is 17.2 Å². The molecule has 2 aromatic rings. The second kappa shape index (κ2) is 7.82. The zero-order chi connectivity index (χ0) is 22.5. The standard InChI is InChI=1S/C27H30F2N2O/c1-26-17-20-18-30(2)31(23-12-10-22(28)11-13-23)24(20)16-21(26)9-6-14-27(26,29)25(32)15-19-7-4-3-5-8-19/h3-5,7-8,10-13,16,25,32H,6,9,14-15,17-18H2,1-2H3. The van der Waals surface area contributed by atoms with Crippen LogP contribution in [0.1, 0.15) is 38.2 Å². The molecule has 0 saturated heterocycles. The Hall–Kier alpha value is -2.50. The van der Waals surface area contributed by atoms with Crippen molar-refractivity contribution in [1.82, 2.24) is 5.01 Å². The van der Waals surface area contributed by atoms with Gasteiger partial charge in [-0.25, -0.2) is 13.8 Å². The SMILES string of the molecule is CN1CC2=C(C=C3CCCC(F)(C(O)Cc4ccccc4)C3(C)C2)N1c1ccc(F)cc1. The number of benzene rings is 2. The third-order valence-corrected chi connectivity index (χ3v) is 7.71. The summed E-state index contributed by atoms with van der Waals surface area (Å²) in [6.07, 6.45) is 3.89. The van der Waals surface area contributed by atoms with Crippen LogP contribution in [0, 0.1) is 11.2 Å². The van der Waals surface area contributed by atoms with Crippen LogP contribution in [0.4, 0.5) is 14.5 Å². The molecule has 3 nitrogen and oxygen atoms in total. The predicted octanol–water partition coefficient (Wildman–Crippen LogP) is 5.58. The van der Waals surface area contributed by atoms with Crippen LogP contribution in [0.2, 0.25) is 0 Å². The Balaban J connectivity index is 1.48. The Morgan fingerprint density at radius 1 is 1.09 bits per heavy atom. The number of fused-ring (bicyclic) bond motifs is 1. The van der Waals surface area contributed by atoms with Crippen molar-refractivity contribution >= 4 is 5.69 Å². The normalized spacial score (nSPS) is 28.9. The van der Waals surface area contributed by atoms with Crippen LogP contribution in [0.25, 0.3) is 0 Å². The number of hydrazine groups is 1. The molecule has 1 N–H and O–H groups in total. The third-order valence-electron chi connectivity index (χ3n) is 7.71. The maximum absolute atomic E-state index is 16.8. The lowest BCUT2D eigenvalue weighted by molar-refractivity contribution is -0.0981. The van der Waals surface area contributed by atoms with E-state index in [2.05, 4.69) is 16.1 Å². The predicted molar refractivity (Wildman–Crippen MR) is 123 cm³/mol. The minimum atomic E-state index is -1.69. The molecule has 1 fully saturated rings. The molecule has 1 aliphatic heterocycles. The zero-order valence-electron chi connectivity index (χ0n) is 18.7. The summed E-state index contributed by atoms with van der Waals surface area (Å²) in [4.78, 5) is 0. The first-order chi connectivity index (χ1) is 15.3. The number of nitrogens with zero attached hydrogens (tertiary/aromatic N) is 2. The minimum absolute atomic E-state index is 0.263. The number of hydrogen-bond donors (Lipinski definition) is 1. The monoisotopic (exact) mass is 436 g/mol. The number of alkyl halides is 1. The minimum Gasteiger partial charge on any atom is -0.389 e. The Morgan fingerprint density at radius 3 is 2.53 bits per heavy atom. The van der Waals surface area contributed by atoms with E-state index in [0.29, 0.717) is 25.8 Å². The van der Waals surface area contributed by atoms with Crippen molar-refractivity contribution < 1.29 is 13.9 Å². The van der Waals surface area contributed by atoms with E-state index in [-0.39, 0.29) is 5.82 Å². The fourth-order valence-corrected chi connectivity index (χ4v) is 5.96. The molecule has 1 saturated carbocycles. The van der Waals surface area contributed by atoms with Crippen LogP contribution >= 0.6 is 0 Å². The largest absolute Gasteiger partial charge is 0.389 e. The first-order valence-corrected chi connectivity index (χ1v) is 11.4. The fourth-order valence-electron chi connectivity index (χ4n) is 5.96. The molecule has 0 bridgehead atoms. The van der Waals surface area contributed by atoms with Gasteiger partial charge in [0, 0.05) is 25.4 Å². The molecule has 168 valence electrons. The average molecular weight is 437 g/mol. The molecule has 0 spiro atoms. The summed E-state index contributed by atoms with van der Waals surface area (Å²) >= 11 is 0. The van der Waals surface area contributed by atoms with Gasteiger partial charge in [0.1, 0.15) is 11.5 Å². The van der Waals surface area contributed by atoms with Crippen LogP contribution in [0.3, 0.4) is 0 Å². The van der Waals surface area contributed by atoms with Crippen molar-refractivity contribution in [2.24, 2.45) is 5.41 Å². The van der Waals surface area contributed by atoms with Gasteiger partial charge in [-0.05, 0) is 67.2 Å². The van der Waals surface area contributed by atoms with Gasteiger partial charge in [0.25, 0.3) is 0 Å². The number of aliphatic hydroxyl groups excluding tert-OH is 1. The highest BCUT2D eigenvalue weighted by atomic mass is 19.1. The molecule has 32 heavy (non-hydrogen) atoms. The molecular weight excluding hydrogens is 406 g/mol. The molecule has 3 aliphatic rings. The second-order valence-electron chi connectivity index (χ2n) is 9.69. The summed E-state index contributed by atoms with van der Waals surface area (Å²) in [5.41, 5.74) is 2.72. The van der Waals surface area contributed by atoms with Crippen molar-refractivity contribution in [2.75, 3.05) is 18.6 Å². The lowest BCUT2D eigenvalue weighted by Gasteiger charge is -2.52. The van der Waals surface area contributed by atoms with Crippen molar-refractivity contribution in [2.45, 2.75) is 50.8 Å². The lowest BCUT2D eigenvalue weighted by atomic mass is 9.56. The van der Waals surface area contributed by atoms with Gasteiger partial charge >= 0.3 is 0 Å². The number of halogens is 2. The van der Waals surface area contributed by atoms with E-state index >= 15 is 4.39 Å². The number of rotatable bonds is 4. The molecule has 0 aromatic heterocycles. The summed E-state index contributed by atoms with van der Waals surface area (Å²) in [5.74, 6) is -0.263. The summed E-state index contributed by atoms with van der Waals surface area (Å²) in [5, 5.41) is 15.4. The summed E-state index contributed by atoms with van der Waals surface area (Å²) in [7, 11) is 2.00. The number of allylic oxidation sites excluding steroid dienone is 2. The van der Waals surface area contributed by atoms with Crippen molar-refractivity contribution in [3.8, 4) is 0 Å². The van der Waals surface area contributed by atoms with E-state index in [9.17, 15) is 9.50 Å². The summed E-state index contributed by atoms with van der Waals surface area (Å²) < 4.78 is 30.3. The van der Waals surface area contributed by atoms with E-state index in [1.807, 2.05) is 44.3 Å². The Morgan fingerprint density at radius 2 is 1.81 bits per heavy atom. The average Bonchev–Trinajstić information content (AvgIpc) is 3.08. The molecule has 5 heteroatoms. The molecule has 1 heterocycles. The number of anilines is 1. The number of hydrogen-bond acceptors (Lipinski definition) is 3. The Bertz CT molecular complexity index is 1060. The Kier molecular flexibility index (Phi) is 5.22. The Labute approximate surface area is 188 Å². The van der Waals surface area contributed by atoms with E-state index in [0.717, 1.165) is 35.4 Å². The molecular formula is C27H30F2N2O. The summed E-state index contributed by atoms with van der Waals surface area (Å²) in [6.45, 7) is 2.69. The van der Waals surface area contributed by atoms with Crippen molar-refractivity contribution in [3.63, 3.8) is 0 Å². The van der Waals surface area contributed by atoms with Gasteiger partial charge in [-0.15, -0.1) is 0 Å². The lowest BCUT2D eigenvalue weighted by Crippen LogP contribution is -2.56. The van der Waals surface area contributed by atoms with Gasteiger partial charge in [-0.3, -0.25) is 5.01 Å². The molecule has 3 unspecified atom stereocenters. The topological polar surface area (TPSA) is 26.7 Å². The van der Waals surface area contributed by atoms with Gasteiger partial charge in [0.2, 0.25) is 0 Å². The van der Waals surface area contributed by atoms with Crippen molar-refractivity contribution in [1.29, 1.82) is 0 Å². The highest BCUT2D eigenvalue weighted by Crippen LogP contribution is 2.58. The first-order valence-electron chi connectivity index (χ1n) is 11.4. The van der Waals surface area contributed by atoms with Crippen molar-refractivity contribution in [3.05, 3.63) is 88.9 Å². The number of aliphatic hydroxyl groups is 1. The quantitative estimate of drug-likeness (QED) is 0.678. The smallest absolute Gasteiger partial charge is 0.146 e. The molecule has 5 rings (SSSR count). The van der Waals surface area contributed by atoms with Crippen LogP contribution < -0.4 is 5.01 Å². The number of likely N-dealkylation sites (N-methyl/N-ethyl adjacent to an activating group) is 1. The summed E-state index contributed by atoms with van der Waals surface area (Å²) in [6, 6.07) is 16.2. The molecule has 0 radical (unpaired) electrons. The van der Waals surface area contributed by atoms with E-state index in [1.165, 1.54) is 17.7 Å². The van der Waals surface area contributed by atoms with Gasteiger partial charge in [-0.1, -0.05) is 42.8 Å². The first kappa shape index (κ1) is 21.4. The third kappa shape index (κ3) is 3.30. The molecule has 0 amide bonds. The van der Waals surface area contributed by atoms with Crippen LogP contribution in [0.15, 0.2) is 77.5 Å². The maximum atomic E-state index is 16.8. The molecule has 3 atom stereocenters. The highest BCUT2D eigenvalue weighted by molar-refractivity contribution is 5.60. The van der Waals surface area contributed by atoms with Crippen LogP contribution in [-0.4, -0.2) is 35.5 Å². The van der Waals surface area contributed by atoms with Gasteiger partial charge in [-0.2, -0.15) is 0 Å². The van der Waals surface area contributed by atoms with Crippen LogP contribution in [0.5, 0.6) is 0 Å². The van der Waals surface area contributed by atoms with E-state index in [1.54, 1.807) is 12.1 Å². The van der Waals surface area contributed by atoms with Crippen LogP contribution in [-0.2, 0) is 6.42 Å². The highest BCUT2D eigenvalue weighted by Gasteiger charge is 2.58. The molecule has 2 aromatic carbocycles. The van der Waals surface area contributed by atoms with Gasteiger partial charge < -0.3 is 5.11 Å². The zero-order valence-corrected chi connectivity index (χ0v) is 18.7. The van der Waals surface area contributed by atoms with Gasteiger partial charge in [0.05, 0.1) is 17.5 Å². The molecule has 2 aliphatic carbocycles. The van der Waals surface area contributed by atoms with E-state index in [4.69, 9.17) is 0 Å². The second-order valence-corrected chi connectivity index (χ2v) is 9.69. The van der Waals surface area contributed by atoms with Gasteiger partial charge in [0.15, 0.2) is 0 Å². The maximum Gasteiger partial charge on any atom is 0.146 e. The fraction of sp³-hybridized carbons (Fsp3) is 0.407.